The second kappa shape index (κ2) is 5.76. The molecule has 0 aliphatic rings. The van der Waals surface area contributed by atoms with Gasteiger partial charge in [0.1, 0.15) is 11.6 Å². The van der Waals surface area contributed by atoms with E-state index in [4.69, 9.17) is 4.98 Å². The van der Waals surface area contributed by atoms with E-state index >= 15 is 0 Å². The van der Waals surface area contributed by atoms with Crippen LogP contribution in [0.3, 0.4) is 0 Å². The van der Waals surface area contributed by atoms with E-state index in [0.29, 0.717) is 5.92 Å². The average molecular weight is 294 g/mol. The first-order valence-electron chi connectivity index (χ1n) is 7.48. The predicted molar refractivity (Wildman–Crippen MR) is 87.8 cm³/mol. The van der Waals surface area contributed by atoms with Crippen LogP contribution in [0.5, 0.6) is 0 Å². The van der Waals surface area contributed by atoms with Gasteiger partial charge in [-0.05, 0) is 37.1 Å². The summed E-state index contributed by atoms with van der Waals surface area (Å²) < 4.78 is 15.3. The van der Waals surface area contributed by atoms with Crippen LogP contribution < -0.4 is 0 Å². The Labute approximate surface area is 130 Å². The van der Waals surface area contributed by atoms with Crippen LogP contribution in [-0.2, 0) is 0 Å². The van der Waals surface area contributed by atoms with Crippen molar-refractivity contribution in [3.63, 3.8) is 0 Å². The van der Waals surface area contributed by atoms with Crippen molar-refractivity contribution in [1.29, 1.82) is 0 Å². The number of hydrogen-bond acceptors (Lipinski definition) is 1. The van der Waals surface area contributed by atoms with Crippen LogP contribution in [0.15, 0.2) is 54.6 Å². The molecule has 0 atom stereocenters. The van der Waals surface area contributed by atoms with Gasteiger partial charge in [-0.2, -0.15) is 0 Å². The molecular weight excluding hydrogens is 275 g/mol. The van der Waals surface area contributed by atoms with Gasteiger partial charge in [0.25, 0.3) is 0 Å². The van der Waals surface area contributed by atoms with Crippen molar-refractivity contribution in [3.05, 3.63) is 71.8 Å². The molecule has 0 bridgehead atoms. The van der Waals surface area contributed by atoms with Gasteiger partial charge in [0, 0.05) is 16.9 Å². The summed E-state index contributed by atoms with van der Waals surface area (Å²) in [4.78, 5) is 4.85. The first kappa shape index (κ1) is 14.5. The molecule has 0 spiro atoms. The van der Waals surface area contributed by atoms with Gasteiger partial charge in [-0.1, -0.05) is 44.2 Å². The smallest absolute Gasteiger partial charge is 0.145 e. The SMILES string of the molecule is Cc1c(C(C)C)nc(-c2ccccc2)n1-c1ccc(F)cc1. The second-order valence-corrected chi connectivity index (χ2v) is 5.74. The van der Waals surface area contributed by atoms with E-state index in [-0.39, 0.29) is 5.82 Å². The highest BCUT2D eigenvalue weighted by molar-refractivity contribution is 5.60. The fourth-order valence-corrected chi connectivity index (χ4v) is 2.75. The molecule has 0 unspecified atom stereocenters. The zero-order chi connectivity index (χ0) is 15.7. The molecule has 112 valence electrons. The summed E-state index contributed by atoms with van der Waals surface area (Å²) in [6.45, 7) is 6.34. The van der Waals surface area contributed by atoms with Gasteiger partial charge in [0.05, 0.1) is 5.69 Å². The Hall–Kier alpha value is -2.42. The molecule has 1 aromatic heterocycles. The fourth-order valence-electron chi connectivity index (χ4n) is 2.75. The zero-order valence-electron chi connectivity index (χ0n) is 13.0. The lowest BCUT2D eigenvalue weighted by atomic mass is 10.1. The number of nitrogens with zero attached hydrogens (tertiary/aromatic N) is 2. The highest BCUT2D eigenvalue weighted by Crippen LogP contribution is 2.29. The van der Waals surface area contributed by atoms with Gasteiger partial charge in [0.2, 0.25) is 0 Å². The molecule has 3 heteroatoms. The first-order chi connectivity index (χ1) is 10.6. The summed E-state index contributed by atoms with van der Waals surface area (Å²) in [5.41, 5.74) is 4.16. The Kier molecular flexibility index (Phi) is 3.80. The Morgan fingerprint density at radius 3 is 2.18 bits per heavy atom. The van der Waals surface area contributed by atoms with Crippen LogP contribution in [-0.4, -0.2) is 9.55 Å². The largest absolute Gasteiger partial charge is 0.297 e. The number of imidazole rings is 1. The zero-order valence-corrected chi connectivity index (χ0v) is 13.0. The molecule has 0 amide bonds. The molecule has 0 aliphatic carbocycles. The minimum absolute atomic E-state index is 0.230. The number of aromatic nitrogens is 2. The first-order valence-corrected chi connectivity index (χ1v) is 7.48. The van der Waals surface area contributed by atoms with E-state index in [1.54, 1.807) is 12.1 Å². The lowest BCUT2D eigenvalue weighted by Gasteiger charge is -2.11. The molecular formula is C19H19FN2. The van der Waals surface area contributed by atoms with Crippen LogP contribution in [0.1, 0.15) is 31.2 Å². The quantitative estimate of drug-likeness (QED) is 0.656. The number of benzene rings is 2. The summed E-state index contributed by atoms with van der Waals surface area (Å²) in [5, 5.41) is 0. The molecule has 0 saturated heterocycles. The highest BCUT2D eigenvalue weighted by atomic mass is 19.1. The lowest BCUT2D eigenvalue weighted by Crippen LogP contribution is -2.00. The number of rotatable bonds is 3. The maximum absolute atomic E-state index is 13.2. The third-order valence-corrected chi connectivity index (χ3v) is 3.81. The molecule has 2 aromatic carbocycles. The molecule has 0 aliphatic heterocycles. The van der Waals surface area contributed by atoms with E-state index in [9.17, 15) is 4.39 Å². The summed E-state index contributed by atoms with van der Waals surface area (Å²) in [6, 6.07) is 16.6. The molecule has 22 heavy (non-hydrogen) atoms. The van der Waals surface area contributed by atoms with Crippen LogP contribution in [0.25, 0.3) is 17.1 Å². The van der Waals surface area contributed by atoms with Crippen molar-refractivity contribution in [3.8, 4) is 17.1 Å². The minimum Gasteiger partial charge on any atom is -0.297 e. The predicted octanol–water partition coefficient (Wildman–Crippen LogP) is 5.11. The standard InChI is InChI=1S/C19H19FN2/c1-13(2)18-14(3)22(17-11-9-16(20)10-12-17)19(21-18)15-7-5-4-6-8-15/h4-13H,1-3H3. The summed E-state index contributed by atoms with van der Waals surface area (Å²) in [7, 11) is 0. The third kappa shape index (κ3) is 2.54. The summed E-state index contributed by atoms with van der Waals surface area (Å²) >= 11 is 0. The van der Waals surface area contributed by atoms with Crippen molar-refractivity contribution in [2.75, 3.05) is 0 Å². The Bertz CT molecular complexity index is 771. The van der Waals surface area contributed by atoms with E-state index in [0.717, 1.165) is 28.5 Å². The van der Waals surface area contributed by atoms with Crippen LogP contribution in [0.2, 0.25) is 0 Å². The van der Waals surface area contributed by atoms with E-state index in [2.05, 4.69) is 25.3 Å². The molecule has 0 radical (unpaired) electrons. The molecule has 1 heterocycles. The summed E-state index contributed by atoms with van der Waals surface area (Å²) in [5.74, 6) is 1.00. The van der Waals surface area contributed by atoms with Gasteiger partial charge >= 0.3 is 0 Å². The Morgan fingerprint density at radius 2 is 1.59 bits per heavy atom. The van der Waals surface area contributed by atoms with E-state index in [1.165, 1.54) is 12.1 Å². The van der Waals surface area contributed by atoms with Gasteiger partial charge in [-0.3, -0.25) is 4.57 Å². The maximum Gasteiger partial charge on any atom is 0.145 e. The van der Waals surface area contributed by atoms with E-state index in [1.807, 2.05) is 30.3 Å². The van der Waals surface area contributed by atoms with Crippen molar-refractivity contribution in [2.45, 2.75) is 26.7 Å². The molecule has 2 nitrogen and oxygen atoms in total. The van der Waals surface area contributed by atoms with E-state index < -0.39 is 0 Å². The van der Waals surface area contributed by atoms with Gasteiger partial charge in [-0.15, -0.1) is 0 Å². The van der Waals surface area contributed by atoms with Gasteiger partial charge < -0.3 is 0 Å². The van der Waals surface area contributed by atoms with Crippen molar-refractivity contribution in [2.24, 2.45) is 0 Å². The third-order valence-electron chi connectivity index (χ3n) is 3.81. The van der Waals surface area contributed by atoms with Crippen molar-refractivity contribution < 1.29 is 4.39 Å². The lowest BCUT2D eigenvalue weighted by molar-refractivity contribution is 0.627. The Morgan fingerprint density at radius 1 is 0.955 bits per heavy atom. The summed E-state index contributed by atoms with van der Waals surface area (Å²) in [6.07, 6.45) is 0. The van der Waals surface area contributed by atoms with Crippen molar-refractivity contribution >= 4 is 0 Å². The maximum atomic E-state index is 13.2. The molecule has 0 saturated carbocycles. The van der Waals surface area contributed by atoms with Crippen LogP contribution in [0.4, 0.5) is 4.39 Å². The number of halogens is 1. The number of hydrogen-bond donors (Lipinski definition) is 0. The van der Waals surface area contributed by atoms with Crippen LogP contribution in [0, 0.1) is 12.7 Å². The average Bonchev–Trinajstić information content (AvgIpc) is 2.87. The monoisotopic (exact) mass is 294 g/mol. The van der Waals surface area contributed by atoms with Gasteiger partial charge in [0.15, 0.2) is 0 Å². The van der Waals surface area contributed by atoms with Crippen molar-refractivity contribution in [1.82, 2.24) is 9.55 Å². The molecule has 3 aromatic rings. The normalized spacial score (nSPS) is 11.1. The minimum atomic E-state index is -0.230. The molecule has 0 N–H and O–H groups in total. The van der Waals surface area contributed by atoms with Gasteiger partial charge in [-0.25, -0.2) is 9.37 Å². The molecule has 0 fully saturated rings. The fraction of sp³-hybridized carbons (Fsp3) is 0.211. The topological polar surface area (TPSA) is 17.8 Å². The molecule has 3 rings (SSSR count). The van der Waals surface area contributed by atoms with Crippen LogP contribution >= 0.6 is 0 Å². The second-order valence-electron chi connectivity index (χ2n) is 5.74. The Balaban J connectivity index is 2.25. The highest BCUT2D eigenvalue weighted by Gasteiger charge is 2.18.